The Kier molecular flexibility index (Phi) is 2.43. The van der Waals surface area contributed by atoms with Gasteiger partial charge in [-0.1, -0.05) is 6.42 Å². The van der Waals surface area contributed by atoms with Crippen molar-refractivity contribution >= 4 is 15.7 Å². The molecule has 0 amide bonds. The number of nitro groups is 1. The predicted molar refractivity (Wildman–Crippen MR) is 63.5 cm³/mol. The molecule has 1 saturated heterocycles. The molecular formula is C11H12N2O4S. The van der Waals surface area contributed by atoms with E-state index < -0.39 is 14.9 Å². The van der Waals surface area contributed by atoms with Crippen molar-refractivity contribution in [3.8, 4) is 0 Å². The lowest BCUT2D eigenvalue weighted by atomic mass is 10.3. The van der Waals surface area contributed by atoms with Gasteiger partial charge in [0.15, 0.2) is 0 Å². The maximum Gasteiger partial charge on any atom is 0.269 e. The third kappa shape index (κ3) is 1.62. The number of nitro benzene ring substituents is 1. The zero-order valence-corrected chi connectivity index (χ0v) is 10.3. The summed E-state index contributed by atoms with van der Waals surface area (Å²) in [4.78, 5) is 10.1. The van der Waals surface area contributed by atoms with Crippen LogP contribution in [0, 0.1) is 10.1 Å². The molecule has 6 nitrogen and oxygen atoms in total. The number of hydrogen-bond donors (Lipinski definition) is 0. The van der Waals surface area contributed by atoms with Crippen molar-refractivity contribution in [3.05, 3.63) is 34.4 Å². The highest BCUT2D eigenvalue weighted by Crippen LogP contribution is 2.46. The number of sulfonamides is 1. The van der Waals surface area contributed by atoms with Crippen molar-refractivity contribution in [1.29, 1.82) is 0 Å². The second-order valence-electron chi connectivity index (χ2n) is 4.65. The third-order valence-electron chi connectivity index (χ3n) is 3.63. The summed E-state index contributed by atoms with van der Waals surface area (Å²) >= 11 is 0. The Labute approximate surface area is 104 Å². The normalized spacial score (nSPS) is 29.9. The topological polar surface area (TPSA) is 80.3 Å². The molecule has 1 aliphatic heterocycles. The first kappa shape index (κ1) is 11.6. The van der Waals surface area contributed by atoms with Gasteiger partial charge >= 0.3 is 0 Å². The van der Waals surface area contributed by atoms with Crippen LogP contribution in [0.1, 0.15) is 19.3 Å². The summed E-state index contributed by atoms with van der Waals surface area (Å²) in [5.41, 5.74) is -0.0973. The van der Waals surface area contributed by atoms with E-state index in [0.29, 0.717) is 0 Å². The van der Waals surface area contributed by atoms with Gasteiger partial charge in [-0.25, -0.2) is 8.42 Å². The minimum Gasteiger partial charge on any atom is -0.258 e. The van der Waals surface area contributed by atoms with Gasteiger partial charge in [0.05, 0.1) is 9.82 Å². The summed E-state index contributed by atoms with van der Waals surface area (Å²) in [5, 5.41) is 10.5. The van der Waals surface area contributed by atoms with Crippen LogP contribution in [0.2, 0.25) is 0 Å². The fraction of sp³-hybridized carbons (Fsp3) is 0.455. The lowest BCUT2D eigenvalue weighted by Gasteiger charge is -2.08. The molecule has 2 fully saturated rings. The molecule has 1 aliphatic carbocycles. The first-order valence-corrected chi connectivity index (χ1v) is 7.24. The molecule has 1 aromatic rings. The Morgan fingerprint density at radius 1 is 1.17 bits per heavy atom. The molecule has 96 valence electrons. The smallest absolute Gasteiger partial charge is 0.258 e. The van der Waals surface area contributed by atoms with E-state index in [-0.39, 0.29) is 22.7 Å². The average molecular weight is 268 g/mol. The zero-order chi connectivity index (χ0) is 12.9. The number of benzene rings is 1. The van der Waals surface area contributed by atoms with Crippen LogP contribution >= 0.6 is 0 Å². The van der Waals surface area contributed by atoms with E-state index in [1.165, 1.54) is 28.6 Å². The van der Waals surface area contributed by atoms with Crippen LogP contribution in [0.3, 0.4) is 0 Å². The molecule has 18 heavy (non-hydrogen) atoms. The Hall–Kier alpha value is -1.47. The molecule has 0 bridgehead atoms. The van der Waals surface area contributed by atoms with E-state index in [1.54, 1.807) is 0 Å². The Morgan fingerprint density at radius 3 is 2.22 bits per heavy atom. The second kappa shape index (κ2) is 3.76. The molecule has 2 atom stereocenters. The summed E-state index contributed by atoms with van der Waals surface area (Å²) in [6.45, 7) is 0. The minimum atomic E-state index is -3.46. The standard InChI is InChI=1S/C11H12N2O4S/c14-13(15)8-4-6-9(7-5-8)18(16,17)12-10-2-1-3-11(10)12/h4-7,10-11H,1-3H2. The van der Waals surface area contributed by atoms with Crippen molar-refractivity contribution in [2.24, 2.45) is 0 Å². The van der Waals surface area contributed by atoms with Gasteiger partial charge in [0.1, 0.15) is 0 Å². The SMILES string of the molecule is O=[N+]([O-])c1ccc(S(=O)(=O)N2C3CCCC32)cc1. The minimum absolute atomic E-state index is 0.0973. The van der Waals surface area contributed by atoms with Gasteiger partial charge < -0.3 is 0 Å². The molecule has 2 aliphatic rings. The summed E-state index contributed by atoms with van der Waals surface area (Å²) < 4.78 is 26.0. The van der Waals surface area contributed by atoms with Crippen LogP contribution in [0.4, 0.5) is 5.69 Å². The molecule has 0 aromatic heterocycles. The highest BCUT2D eigenvalue weighted by atomic mass is 32.2. The lowest BCUT2D eigenvalue weighted by molar-refractivity contribution is -0.384. The Morgan fingerprint density at radius 2 is 1.72 bits per heavy atom. The molecule has 2 unspecified atom stereocenters. The maximum absolute atomic E-state index is 12.2. The fourth-order valence-corrected chi connectivity index (χ4v) is 4.58. The van der Waals surface area contributed by atoms with Gasteiger partial charge in [-0.2, -0.15) is 4.31 Å². The van der Waals surface area contributed by atoms with E-state index in [2.05, 4.69) is 0 Å². The number of nitrogens with zero attached hydrogens (tertiary/aromatic N) is 2. The number of hydrogen-bond acceptors (Lipinski definition) is 4. The highest BCUT2D eigenvalue weighted by molar-refractivity contribution is 7.89. The third-order valence-corrected chi connectivity index (χ3v) is 5.60. The lowest BCUT2D eigenvalue weighted by Crippen LogP contribution is -2.17. The zero-order valence-electron chi connectivity index (χ0n) is 9.52. The van der Waals surface area contributed by atoms with E-state index in [9.17, 15) is 18.5 Å². The number of piperidine rings is 1. The van der Waals surface area contributed by atoms with Crippen molar-refractivity contribution < 1.29 is 13.3 Å². The predicted octanol–water partition coefficient (Wildman–Crippen LogP) is 1.52. The van der Waals surface area contributed by atoms with Crippen LogP contribution in [0.5, 0.6) is 0 Å². The summed E-state index contributed by atoms with van der Waals surface area (Å²) in [5.74, 6) is 0. The van der Waals surface area contributed by atoms with E-state index in [4.69, 9.17) is 0 Å². The molecular weight excluding hydrogens is 256 g/mol. The molecule has 1 heterocycles. The summed E-state index contributed by atoms with van der Waals surface area (Å²) in [6.07, 6.45) is 2.94. The second-order valence-corrected chi connectivity index (χ2v) is 6.49. The van der Waals surface area contributed by atoms with Gasteiger partial charge in [0.2, 0.25) is 10.0 Å². The molecule has 1 aromatic carbocycles. The summed E-state index contributed by atoms with van der Waals surface area (Å²) in [6, 6.07) is 5.39. The molecule has 0 N–H and O–H groups in total. The van der Waals surface area contributed by atoms with Crippen LogP contribution < -0.4 is 0 Å². The van der Waals surface area contributed by atoms with Crippen molar-refractivity contribution in [2.45, 2.75) is 36.2 Å². The monoisotopic (exact) mass is 268 g/mol. The van der Waals surface area contributed by atoms with Crippen molar-refractivity contribution in [2.75, 3.05) is 0 Å². The quantitative estimate of drug-likeness (QED) is 0.473. The van der Waals surface area contributed by atoms with Crippen LogP contribution in [0.25, 0.3) is 0 Å². The Balaban J connectivity index is 1.88. The molecule has 7 heteroatoms. The van der Waals surface area contributed by atoms with E-state index >= 15 is 0 Å². The molecule has 3 rings (SSSR count). The summed E-state index contributed by atoms with van der Waals surface area (Å²) in [7, 11) is -3.46. The van der Waals surface area contributed by atoms with Gasteiger partial charge in [0, 0.05) is 24.2 Å². The van der Waals surface area contributed by atoms with Gasteiger partial charge in [-0.3, -0.25) is 10.1 Å². The van der Waals surface area contributed by atoms with E-state index in [0.717, 1.165) is 19.3 Å². The number of rotatable bonds is 3. The number of non-ortho nitro benzene ring substituents is 1. The van der Waals surface area contributed by atoms with Crippen molar-refractivity contribution in [1.82, 2.24) is 4.31 Å². The van der Waals surface area contributed by atoms with E-state index in [1.807, 2.05) is 0 Å². The maximum atomic E-state index is 12.2. The van der Waals surface area contributed by atoms with Gasteiger partial charge in [-0.05, 0) is 25.0 Å². The van der Waals surface area contributed by atoms with Crippen LogP contribution in [0.15, 0.2) is 29.2 Å². The molecule has 1 saturated carbocycles. The van der Waals surface area contributed by atoms with Crippen LogP contribution in [-0.4, -0.2) is 29.7 Å². The number of fused-ring (bicyclic) bond motifs is 1. The fourth-order valence-electron chi connectivity index (χ4n) is 2.70. The van der Waals surface area contributed by atoms with Crippen molar-refractivity contribution in [3.63, 3.8) is 0 Å². The largest absolute Gasteiger partial charge is 0.269 e. The molecule has 0 spiro atoms. The van der Waals surface area contributed by atoms with Crippen LogP contribution in [-0.2, 0) is 10.0 Å². The first-order chi connectivity index (χ1) is 8.51. The Bertz CT molecular complexity index is 586. The first-order valence-electron chi connectivity index (χ1n) is 5.80. The van der Waals surface area contributed by atoms with Gasteiger partial charge in [-0.15, -0.1) is 0 Å². The average Bonchev–Trinajstić information content (AvgIpc) is 2.86. The highest BCUT2D eigenvalue weighted by Gasteiger charge is 2.57. The van der Waals surface area contributed by atoms with Gasteiger partial charge in [0.25, 0.3) is 5.69 Å². The molecule has 0 radical (unpaired) electrons.